The van der Waals surface area contributed by atoms with Gasteiger partial charge in [-0.15, -0.1) is 0 Å². The number of aryl methyl sites for hydroxylation is 1. The largest absolute Gasteiger partial charge is 0.491 e. The maximum absolute atomic E-state index is 5.83. The van der Waals surface area contributed by atoms with Crippen molar-refractivity contribution in [1.29, 1.82) is 0 Å². The van der Waals surface area contributed by atoms with Gasteiger partial charge in [0.15, 0.2) is 5.96 Å². The fraction of sp³-hybridized carbons (Fsp3) is 0.450. The monoisotopic (exact) mass is 359 g/mol. The minimum atomic E-state index is 0.526. The minimum Gasteiger partial charge on any atom is -0.491 e. The van der Waals surface area contributed by atoms with Gasteiger partial charge in [-0.3, -0.25) is 0 Å². The Morgan fingerprint density at radius 2 is 2.08 bits per heavy atom. The van der Waals surface area contributed by atoms with Gasteiger partial charge in [-0.05, 0) is 37.6 Å². The SMILES string of the molecule is CCNC(=NCc1ccc(C)cc1OCCOC)NCCc1ccco1. The van der Waals surface area contributed by atoms with Gasteiger partial charge in [0.2, 0.25) is 0 Å². The Balaban J connectivity index is 1.96. The topological polar surface area (TPSA) is 68.0 Å². The van der Waals surface area contributed by atoms with Crippen molar-refractivity contribution < 1.29 is 13.9 Å². The molecule has 142 valence electrons. The van der Waals surface area contributed by atoms with Crippen molar-refractivity contribution in [3.8, 4) is 5.75 Å². The van der Waals surface area contributed by atoms with E-state index >= 15 is 0 Å². The van der Waals surface area contributed by atoms with Gasteiger partial charge in [-0.2, -0.15) is 0 Å². The van der Waals surface area contributed by atoms with Gasteiger partial charge in [-0.1, -0.05) is 12.1 Å². The van der Waals surface area contributed by atoms with Gasteiger partial charge in [-0.25, -0.2) is 4.99 Å². The first-order valence-electron chi connectivity index (χ1n) is 8.98. The van der Waals surface area contributed by atoms with E-state index in [9.17, 15) is 0 Å². The Kier molecular flexibility index (Phi) is 8.55. The lowest BCUT2D eigenvalue weighted by Crippen LogP contribution is -2.38. The summed E-state index contributed by atoms with van der Waals surface area (Å²) in [6, 6.07) is 10.1. The molecule has 0 atom stereocenters. The Labute approximate surface area is 155 Å². The number of rotatable bonds is 10. The summed E-state index contributed by atoms with van der Waals surface area (Å²) in [5.74, 6) is 2.60. The van der Waals surface area contributed by atoms with E-state index < -0.39 is 0 Å². The van der Waals surface area contributed by atoms with Crippen LogP contribution in [0.1, 0.15) is 23.8 Å². The van der Waals surface area contributed by atoms with Crippen LogP contribution in [0.3, 0.4) is 0 Å². The minimum absolute atomic E-state index is 0.526. The summed E-state index contributed by atoms with van der Waals surface area (Å²) in [4.78, 5) is 4.67. The van der Waals surface area contributed by atoms with Gasteiger partial charge in [0, 0.05) is 32.2 Å². The predicted octanol–water partition coefficient (Wildman–Crippen LogP) is 2.91. The van der Waals surface area contributed by atoms with Gasteiger partial charge in [0.1, 0.15) is 18.1 Å². The van der Waals surface area contributed by atoms with Crippen molar-refractivity contribution in [2.75, 3.05) is 33.4 Å². The maximum atomic E-state index is 5.83. The third kappa shape index (κ3) is 6.80. The zero-order chi connectivity index (χ0) is 18.6. The first-order chi connectivity index (χ1) is 12.7. The number of methoxy groups -OCH3 is 1. The molecule has 0 aliphatic carbocycles. The summed E-state index contributed by atoms with van der Waals surface area (Å²) in [7, 11) is 1.67. The van der Waals surface area contributed by atoms with Crippen LogP contribution in [0.2, 0.25) is 0 Å². The van der Waals surface area contributed by atoms with Crippen LogP contribution in [0.4, 0.5) is 0 Å². The molecule has 0 spiro atoms. The first kappa shape index (κ1) is 19.8. The molecule has 0 amide bonds. The van der Waals surface area contributed by atoms with Crippen LogP contribution in [-0.2, 0) is 17.7 Å². The number of hydrogen-bond acceptors (Lipinski definition) is 4. The lowest BCUT2D eigenvalue weighted by Gasteiger charge is -2.13. The normalized spacial score (nSPS) is 11.4. The van der Waals surface area contributed by atoms with Gasteiger partial charge in [0.05, 0.1) is 19.4 Å². The van der Waals surface area contributed by atoms with E-state index in [1.807, 2.05) is 18.2 Å². The van der Waals surface area contributed by atoms with E-state index in [4.69, 9.17) is 13.9 Å². The molecule has 0 radical (unpaired) electrons. The standard InChI is InChI=1S/C20H29N3O3/c1-4-21-20(22-10-9-18-6-5-11-25-18)23-15-17-8-7-16(2)14-19(17)26-13-12-24-3/h5-8,11,14H,4,9-10,12-13,15H2,1-3H3,(H2,21,22,23). The van der Waals surface area contributed by atoms with Crippen LogP contribution in [0.15, 0.2) is 46.0 Å². The van der Waals surface area contributed by atoms with Gasteiger partial charge >= 0.3 is 0 Å². The van der Waals surface area contributed by atoms with Crippen molar-refractivity contribution >= 4 is 5.96 Å². The maximum Gasteiger partial charge on any atom is 0.191 e. The van der Waals surface area contributed by atoms with Crippen LogP contribution in [0.25, 0.3) is 0 Å². The molecule has 1 aromatic heterocycles. The van der Waals surface area contributed by atoms with Crippen LogP contribution in [0.5, 0.6) is 5.75 Å². The Morgan fingerprint density at radius 1 is 1.19 bits per heavy atom. The summed E-state index contributed by atoms with van der Waals surface area (Å²) in [6.07, 6.45) is 2.50. The van der Waals surface area contributed by atoms with E-state index in [2.05, 4.69) is 41.6 Å². The lowest BCUT2D eigenvalue weighted by atomic mass is 10.1. The molecule has 1 aromatic carbocycles. The molecule has 1 heterocycles. The third-order valence-electron chi connectivity index (χ3n) is 3.76. The molecule has 6 heteroatoms. The van der Waals surface area contributed by atoms with Crippen LogP contribution in [-0.4, -0.2) is 39.4 Å². The first-order valence-corrected chi connectivity index (χ1v) is 8.98. The summed E-state index contributed by atoms with van der Waals surface area (Å²) < 4.78 is 16.2. The number of nitrogens with one attached hydrogen (secondary N) is 2. The zero-order valence-electron chi connectivity index (χ0n) is 15.9. The number of aliphatic imine (C=N–C) groups is 1. The predicted molar refractivity (Wildman–Crippen MR) is 104 cm³/mol. The summed E-state index contributed by atoms with van der Waals surface area (Å²) in [6.45, 7) is 7.29. The molecule has 0 fully saturated rings. The van der Waals surface area contributed by atoms with E-state index in [0.29, 0.717) is 19.8 Å². The van der Waals surface area contributed by atoms with E-state index in [-0.39, 0.29) is 0 Å². The molecular weight excluding hydrogens is 330 g/mol. The number of furan rings is 1. The molecule has 2 aromatic rings. The summed E-state index contributed by atoms with van der Waals surface area (Å²) >= 11 is 0. The third-order valence-corrected chi connectivity index (χ3v) is 3.76. The highest BCUT2D eigenvalue weighted by atomic mass is 16.5. The van der Waals surface area contributed by atoms with Gasteiger partial charge in [0.25, 0.3) is 0 Å². The lowest BCUT2D eigenvalue weighted by molar-refractivity contribution is 0.145. The number of nitrogens with zero attached hydrogens (tertiary/aromatic N) is 1. The fourth-order valence-corrected chi connectivity index (χ4v) is 2.43. The molecular formula is C20H29N3O3. The van der Waals surface area contributed by atoms with Crippen LogP contribution >= 0.6 is 0 Å². The number of hydrogen-bond donors (Lipinski definition) is 2. The van der Waals surface area contributed by atoms with Crippen LogP contribution < -0.4 is 15.4 Å². The van der Waals surface area contributed by atoms with Crippen molar-refractivity contribution in [3.05, 3.63) is 53.5 Å². The molecule has 2 rings (SSSR count). The van der Waals surface area contributed by atoms with E-state index in [1.54, 1.807) is 13.4 Å². The molecule has 2 N–H and O–H groups in total. The molecule has 0 saturated heterocycles. The molecule has 0 aliphatic rings. The highest BCUT2D eigenvalue weighted by molar-refractivity contribution is 5.79. The average Bonchev–Trinajstić information content (AvgIpc) is 3.14. The molecule has 0 unspecified atom stereocenters. The Hall–Kier alpha value is -2.47. The van der Waals surface area contributed by atoms with Crippen molar-refractivity contribution in [2.24, 2.45) is 4.99 Å². The smallest absolute Gasteiger partial charge is 0.191 e. The highest BCUT2D eigenvalue weighted by Crippen LogP contribution is 2.21. The number of benzene rings is 1. The second kappa shape index (κ2) is 11.2. The molecule has 0 aliphatic heterocycles. The quantitative estimate of drug-likeness (QED) is 0.388. The Morgan fingerprint density at radius 3 is 2.81 bits per heavy atom. The molecule has 0 bridgehead atoms. The Bertz CT molecular complexity index is 669. The van der Waals surface area contributed by atoms with Crippen molar-refractivity contribution in [3.63, 3.8) is 0 Å². The van der Waals surface area contributed by atoms with E-state index in [1.165, 1.54) is 0 Å². The van der Waals surface area contributed by atoms with Crippen molar-refractivity contribution in [1.82, 2.24) is 10.6 Å². The second-order valence-corrected chi connectivity index (χ2v) is 5.90. The average molecular weight is 359 g/mol. The zero-order valence-corrected chi connectivity index (χ0v) is 15.9. The van der Waals surface area contributed by atoms with E-state index in [0.717, 1.165) is 48.1 Å². The van der Waals surface area contributed by atoms with Crippen LogP contribution in [0, 0.1) is 6.92 Å². The number of ether oxygens (including phenoxy) is 2. The highest BCUT2D eigenvalue weighted by Gasteiger charge is 2.05. The molecule has 0 saturated carbocycles. The fourth-order valence-electron chi connectivity index (χ4n) is 2.43. The molecule has 26 heavy (non-hydrogen) atoms. The molecule has 6 nitrogen and oxygen atoms in total. The summed E-state index contributed by atoms with van der Waals surface area (Å²) in [5.41, 5.74) is 2.21. The van der Waals surface area contributed by atoms with Crippen molar-refractivity contribution in [2.45, 2.75) is 26.8 Å². The number of guanidine groups is 1. The van der Waals surface area contributed by atoms with Gasteiger partial charge < -0.3 is 24.5 Å². The second-order valence-electron chi connectivity index (χ2n) is 5.90. The summed E-state index contributed by atoms with van der Waals surface area (Å²) in [5, 5.41) is 6.59.